The van der Waals surface area contributed by atoms with Gasteiger partial charge in [0.2, 0.25) is 0 Å². The standard InChI is InChI=1S/C24H29N3O3/c1-17-4-5-18-6-7-19(26-12-10-25-11-13-26)16-27(18)24(28)15-22(17)21-9-8-20(29-2)14-23(21)30-3/h5-9,14-17,25H,4,10-13H2,1-3H3. The summed E-state index contributed by atoms with van der Waals surface area (Å²) in [4.78, 5) is 17.4. The molecule has 0 radical (unpaired) electrons. The summed E-state index contributed by atoms with van der Waals surface area (Å²) in [5, 5.41) is 3.37. The normalized spacial score (nSPS) is 21.8. The summed E-state index contributed by atoms with van der Waals surface area (Å²) in [5.74, 6) is 1.57. The summed E-state index contributed by atoms with van der Waals surface area (Å²) >= 11 is 0. The molecule has 1 saturated heterocycles. The van der Waals surface area contributed by atoms with Crippen LogP contribution in [0.1, 0.15) is 18.9 Å². The molecule has 6 heteroatoms. The fourth-order valence-corrected chi connectivity index (χ4v) is 4.12. The van der Waals surface area contributed by atoms with Gasteiger partial charge in [0.1, 0.15) is 11.5 Å². The number of nitrogens with zero attached hydrogens (tertiary/aromatic N) is 2. The molecule has 1 unspecified atom stereocenters. The smallest absolute Gasteiger partial charge is 0.255 e. The molecule has 1 amide bonds. The molecule has 158 valence electrons. The first kappa shape index (κ1) is 20.3. The first-order valence-corrected chi connectivity index (χ1v) is 10.4. The van der Waals surface area contributed by atoms with Gasteiger partial charge in [0, 0.05) is 55.8 Å². The average Bonchev–Trinajstić information content (AvgIpc) is 2.80. The largest absolute Gasteiger partial charge is 0.497 e. The molecule has 30 heavy (non-hydrogen) atoms. The van der Waals surface area contributed by atoms with Crippen LogP contribution in [0.2, 0.25) is 0 Å². The van der Waals surface area contributed by atoms with Crippen LogP contribution in [0.3, 0.4) is 0 Å². The van der Waals surface area contributed by atoms with Gasteiger partial charge < -0.3 is 19.7 Å². The quantitative estimate of drug-likeness (QED) is 0.831. The van der Waals surface area contributed by atoms with Crippen molar-refractivity contribution in [2.24, 2.45) is 5.92 Å². The summed E-state index contributed by atoms with van der Waals surface area (Å²) < 4.78 is 10.9. The van der Waals surface area contributed by atoms with E-state index < -0.39 is 0 Å². The van der Waals surface area contributed by atoms with Gasteiger partial charge >= 0.3 is 0 Å². The molecule has 4 rings (SSSR count). The highest BCUT2D eigenvalue weighted by Gasteiger charge is 2.25. The van der Waals surface area contributed by atoms with Crippen LogP contribution in [0, 0.1) is 5.92 Å². The summed E-state index contributed by atoms with van der Waals surface area (Å²) in [6, 6.07) is 5.74. The van der Waals surface area contributed by atoms with E-state index in [0.29, 0.717) is 5.75 Å². The van der Waals surface area contributed by atoms with Crippen molar-refractivity contribution in [3.63, 3.8) is 0 Å². The fraction of sp³-hybridized carbons (Fsp3) is 0.375. The van der Waals surface area contributed by atoms with Gasteiger partial charge in [-0.3, -0.25) is 9.69 Å². The Morgan fingerprint density at radius 1 is 1.07 bits per heavy atom. The lowest BCUT2D eigenvalue weighted by atomic mass is 9.88. The van der Waals surface area contributed by atoms with Crippen LogP contribution in [0.5, 0.6) is 11.5 Å². The zero-order valence-electron chi connectivity index (χ0n) is 17.9. The number of benzene rings is 1. The van der Waals surface area contributed by atoms with Gasteiger partial charge in [0.15, 0.2) is 0 Å². The van der Waals surface area contributed by atoms with Crippen molar-refractivity contribution in [2.75, 3.05) is 40.4 Å². The third kappa shape index (κ3) is 4.00. The molecule has 3 aliphatic heterocycles. The Morgan fingerprint density at radius 2 is 1.83 bits per heavy atom. The first-order valence-electron chi connectivity index (χ1n) is 10.4. The number of nitrogens with one attached hydrogen (secondary N) is 1. The lowest BCUT2D eigenvalue weighted by molar-refractivity contribution is -0.122. The Labute approximate surface area is 178 Å². The lowest BCUT2D eigenvalue weighted by Gasteiger charge is -2.34. The molecule has 1 fully saturated rings. The zero-order valence-corrected chi connectivity index (χ0v) is 17.9. The van der Waals surface area contributed by atoms with Crippen LogP contribution in [0.15, 0.2) is 60.1 Å². The van der Waals surface area contributed by atoms with Crippen molar-refractivity contribution < 1.29 is 14.3 Å². The third-order valence-corrected chi connectivity index (χ3v) is 5.89. The van der Waals surface area contributed by atoms with Crippen molar-refractivity contribution in [1.29, 1.82) is 0 Å². The van der Waals surface area contributed by atoms with Gasteiger partial charge in [-0.15, -0.1) is 0 Å². The number of piperazine rings is 1. The molecule has 1 aromatic rings. The van der Waals surface area contributed by atoms with E-state index in [4.69, 9.17) is 9.47 Å². The summed E-state index contributed by atoms with van der Waals surface area (Å²) in [7, 11) is 3.28. The lowest BCUT2D eigenvalue weighted by Crippen LogP contribution is -2.43. The second-order valence-corrected chi connectivity index (χ2v) is 7.76. The van der Waals surface area contributed by atoms with E-state index in [1.54, 1.807) is 25.2 Å². The monoisotopic (exact) mass is 407 g/mol. The molecule has 0 bridgehead atoms. The van der Waals surface area contributed by atoms with Gasteiger partial charge in [-0.2, -0.15) is 0 Å². The van der Waals surface area contributed by atoms with Gasteiger partial charge in [0.05, 0.1) is 19.9 Å². The van der Waals surface area contributed by atoms with E-state index in [9.17, 15) is 4.79 Å². The summed E-state index contributed by atoms with van der Waals surface area (Å²) in [6.45, 7) is 5.95. The number of carbonyl (C=O) groups is 1. The molecule has 6 nitrogen and oxygen atoms in total. The minimum Gasteiger partial charge on any atom is -0.497 e. The maximum absolute atomic E-state index is 13.3. The fourth-order valence-electron chi connectivity index (χ4n) is 4.12. The van der Waals surface area contributed by atoms with Gasteiger partial charge in [-0.1, -0.05) is 13.0 Å². The highest BCUT2D eigenvalue weighted by molar-refractivity contribution is 5.98. The summed E-state index contributed by atoms with van der Waals surface area (Å²) in [6.07, 6.45) is 10.9. The van der Waals surface area contributed by atoms with Crippen molar-refractivity contribution in [3.8, 4) is 11.5 Å². The number of allylic oxidation sites excluding steroid dienone is 4. The number of methoxy groups -OCH3 is 2. The maximum Gasteiger partial charge on any atom is 0.255 e. The Bertz CT molecular complexity index is 939. The zero-order chi connectivity index (χ0) is 21.1. The minimum absolute atomic E-state index is 0.0438. The van der Waals surface area contributed by atoms with Gasteiger partial charge in [-0.25, -0.2) is 0 Å². The van der Waals surface area contributed by atoms with Crippen molar-refractivity contribution in [3.05, 3.63) is 65.7 Å². The Kier molecular flexibility index (Phi) is 5.95. The maximum atomic E-state index is 13.3. The topological polar surface area (TPSA) is 54.0 Å². The predicted molar refractivity (Wildman–Crippen MR) is 118 cm³/mol. The van der Waals surface area contributed by atoms with E-state index in [0.717, 1.165) is 60.9 Å². The van der Waals surface area contributed by atoms with Gasteiger partial charge in [0.25, 0.3) is 5.91 Å². The molecule has 3 aliphatic rings. The number of carbonyl (C=O) groups excluding carboxylic acids is 1. The van der Waals surface area contributed by atoms with Crippen LogP contribution in [0.4, 0.5) is 0 Å². The molecule has 0 spiro atoms. The molecular weight excluding hydrogens is 378 g/mol. The number of hydrogen-bond acceptors (Lipinski definition) is 5. The molecule has 0 aromatic heterocycles. The average molecular weight is 408 g/mol. The van der Waals surface area contributed by atoms with E-state index in [-0.39, 0.29) is 11.8 Å². The van der Waals surface area contributed by atoms with E-state index in [1.165, 1.54) is 0 Å². The number of ether oxygens (including phenoxy) is 2. The second kappa shape index (κ2) is 8.79. The molecule has 3 heterocycles. The SMILES string of the molecule is COc1ccc(C2=CC(=O)N3C=C(N4CCNCC4)C=CC3=CCC2C)c(OC)c1. The molecule has 0 saturated carbocycles. The van der Waals surface area contributed by atoms with Gasteiger partial charge in [-0.05, 0) is 42.2 Å². The van der Waals surface area contributed by atoms with Crippen LogP contribution in [0.25, 0.3) is 5.57 Å². The Morgan fingerprint density at radius 3 is 2.57 bits per heavy atom. The Hall–Kier alpha value is -2.99. The number of hydrogen-bond donors (Lipinski definition) is 1. The minimum atomic E-state index is -0.0438. The molecule has 1 aromatic carbocycles. The summed E-state index contributed by atoms with van der Waals surface area (Å²) in [5.41, 5.74) is 3.91. The van der Waals surface area contributed by atoms with Crippen molar-refractivity contribution in [1.82, 2.24) is 15.1 Å². The van der Waals surface area contributed by atoms with E-state index >= 15 is 0 Å². The molecule has 0 aliphatic carbocycles. The second-order valence-electron chi connectivity index (χ2n) is 7.76. The first-order chi connectivity index (χ1) is 14.6. The number of amides is 1. The number of rotatable bonds is 4. The number of fused-ring (bicyclic) bond motifs is 1. The highest BCUT2D eigenvalue weighted by Crippen LogP contribution is 2.37. The van der Waals surface area contributed by atoms with E-state index in [2.05, 4.69) is 35.4 Å². The van der Waals surface area contributed by atoms with Crippen molar-refractivity contribution in [2.45, 2.75) is 13.3 Å². The highest BCUT2D eigenvalue weighted by atomic mass is 16.5. The van der Waals surface area contributed by atoms with Crippen LogP contribution in [-0.2, 0) is 4.79 Å². The Balaban J connectivity index is 1.68. The van der Waals surface area contributed by atoms with Crippen molar-refractivity contribution >= 4 is 11.5 Å². The molecule has 1 atom stereocenters. The van der Waals surface area contributed by atoms with E-state index in [1.807, 2.05) is 24.4 Å². The van der Waals surface area contributed by atoms with Crippen LogP contribution < -0.4 is 14.8 Å². The molecule has 1 N–H and O–H groups in total. The van der Waals surface area contributed by atoms with Crippen LogP contribution in [-0.4, -0.2) is 56.1 Å². The van der Waals surface area contributed by atoms with Crippen LogP contribution >= 0.6 is 0 Å². The predicted octanol–water partition coefficient (Wildman–Crippen LogP) is 3.16. The third-order valence-electron chi connectivity index (χ3n) is 5.89. The molecular formula is C24H29N3O3.